The lowest BCUT2D eigenvalue weighted by molar-refractivity contribution is -0.0916. The molecule has 0 aromatic heterocycles. The van der Waals surface area contributed by atoms with Gasteiger partial charge in [-0.1, -0.05) is 45.9 Å². The molecule has 0 bridgehead atoms. The van der Waals surface area contributed by atoms with Gasteiger partial charge in [0.25, 0.3) is 0 Å². The Kier molecular flexibility index (Phi) is 3.33. The highest BCUT2D eigenvalue weighted by atomic mass is 16.3. The molecule has 1 heteroatoms. The van der Waals surface area contributed by atoms with Crippen molar-refractivity contribution in [2.75, 3.05) is 0 Å². The van der Waals surface area contributed by atoms with Crippen molar-refractivity contribution in [1.29, 1.82) is 0 Å². The van der Waals surface area contributed by atoms with Crippen LogP contribution in [0.3, 0.4) is 0 Å². The maximum absolute atomic E-state index is 11.3. The summed E-state index contributed by atoms with van der Waals surface area (Å²) in [6.45, 7) is 13.4. The molecule has 19 heavy (non-hydrogen) atoms. The number of hydrogen-bond acceptors (Lipinski definition) is 1. The molecule has 0 heterocycles. The van der Waals surface area contributed by atoms with Crippen LogP contribution in [0.4, 0.5) is 0 Å². The zero-order valence-corrected chi connectivity index (χ0v) is 13.3. The van der Waals surface area contributed by atoms with Gasteiger partial charge in [-0.2, -0.15) is 0 Å². The maximum Gasteiger partial charge on any atom is 0.0909 e. The standard InChI is InChI=1S/C18H28O/c1-13-8-7-9-15(14(13)2)18(19)11-16(3,4)10-17(5,6)12-18/h7-9,19H,10-12H2,1-6H3. The van der Waals surface area contributed by atoms with E-state index in [0.717, 1.165) is 18.4 Å². The lowest BCUT2D eigenvalue weighted by Crippen LogP contribution is -2.44. The second-order valence-corrected chi connectivity index (χ2v) is 8.14. The maximum atomic E-state index is 11.3. The predicted octanol–water partition coefficient (Wildman–Crippen LogP) is 4.73. The van der Waals surface area contributed by atoms with Crippen LogP contribution in [0.25, 0.3) is 0 Å². The van der Waals surface area contributed by atoms with Crippen LogP contribution in [-0.4, -0.2) is 5.11 Å². The summed E-state index contributed by atoms with van der Waals surface area (Å²) in [5.74, 6) is 0. The minimum absolute atomic E-state index is 0.187. The monoisotopic (exact) mass is 260 g/mol. The Labute approximate surface area is 118 Å². The molecular formula is C18H28O. The van der Waals surface area contributed by atoms with Crippen molar-refractivity contribution in [3.05, 3.63) is 34.9 Å². The molecule has 1 fully saturated rings. The zero-order valence-electron chi connectivity index (χ0n) is 13.3. The van der Waals surface area contributed by atoms with Gasteiger partial charge in [0.05, 0.1) is 5.60 Å². The summed E-state index contributed by atoms with van der Waals surface area (Å²) in [5, 5.41) is 11.3. The van der Waals surface area contributed by atoms with E-state index < -0.39 is 5.60 Å². The molecule has 2 rings (SSSR count). The van der Waals surface area contributed by atoms with Gasteiger partial charge in [-0.25, -0.2) is 0 Å². The summed E-state index contributed by atoms with van der Waals surface area (Å²) in [7, 11) is 0. The van der Waals surface area contributed by atoms with Crippen molar-refractivity contribution in [3.8, 4) is 0 Å². The average molecular weight is 260 g/mol. The smallest absolute Gasteiger partial charge is 0.0909 e. The van der Waals surface area contributed by atoms with E-state index in [1.165, 1.54) is 17.5 Å². The molecule has 0 saturated heterocycles. The van der Waals surface area contributed by atoms with E-state index in [0.29, 0.717) is 0 Å². The topological polar surface area (TPSA) is 20.2 Å². The Morgan fingerprint density at radius 1 is 0.895 bits per heavy atom. The highest BCUT2D eigenvalue weighted by molar-refractivity contribution is 5.38. The summed E-state index contributed by atoms with van der Waals surface area (Å²) in [4.78, 5) is 0. The van der Waals surface area contributed by atoms with Crippen LogP contribution in [0.5, 0.6) is 0 Å². The molecular weight excluding hydrogens is 232 g/mol. The summed E-state index contributed by atoms with van der Waals surface area (Å²) < 4.78 is 0. The second-order valence-electron chi connectivity index (χ2n) is 8.14. The van der Waals surface area contributed by atoms with Crippen molar-refractivity contribution < 1.29 is 5.11 Å². The Balaban J connectivity index is 2.49. The molecule has 1 nitrogen and oxygen atoms in total. The van der Waals surface area contributed by atoms with E-state index in [2.05, 4.69) is 59.7 Å². The van der Waals surface area contributed by atoms with Gasteiger partial charge in [0.2, 0.25) is 0 Å². The first-order valence-electron chi connectivity index (χ1n) is 7.34. The van der Waals surface area contributed by atoms with E-state index in [1.807, 2.05) is 0 Å². The first-order chi connectivity index (χ1) is 8.55. The Hall–Kier alpha value is -0.820. The molecule has 1 saturated carbocycles. The van der Waals surface area contributed by atoms with Crippen LogP contribution in [0.2, 0.25) is 0 Å². The fourth-order valence-electron chi connectivity index (χ4n) is 4.51. The number of benzene rings is 1. The second kappa shape index (κ2) is 4.34. The lowest BCUT2D eigenvalue weighted by atomic mass is 9.58. The predicted molar refractivity (Wildman–Crippen MR) is 81.2 cm³/mol. The van der Waals surface area contributed by atoms with Gasteiger partial charge >= 0.3 is 0 Å². The molecule has 1 aromatic carbocycles. The molecule has 0 amide bonds. The third-order valence-electron chi connectivity index (χ3n) is 4.61. The molecule has 0 unspecified atom stereocenters. The molecule has 0 atom stereocenters. The molecule has 0 aliphatic heterocycles. The van der Waals surface area contributed by atoms with Gasteiger partial charge in [0.1, 0.15) is 0 Å². The normalized spacial score (nSPS) is 24.2. The van der Waals surface area contributed by atoms with Crippen LogP contribution >= 0.6 is 0 Å². The quantitative estimate of drug-likeness (QED) is 0.774. The van der Waals surface area contributed by atoms with E-state index >= 15 is 0 Å². The Morgan fingerprint density at radius 2 is 1.42 bits per heavy atom. The molecule has 106 valence electrons. The molecule has 1 aromatic rings. The van der Waals surface area contributed by atoms with Crippen LogP contribution in [0, 0.1) is 24.7 Å². The van der Waals surface area contributed by atoms with Crippen LogP contribution in [-0.2, 0) is 5.60 Å². The van der Waals surface area contributed by atoms with Crippen molar-refractivity contribution >= 4 is 0 Å². The fourth-order valence-corrected chi connectivity index (χ4v) is 4.51. The average Bonchev–Trinajstić information content (AvgIpc) is 2.16. The van der Waals surface area contributed by atoms with E-state index in [-0.39, 0.29) is 10.8 Å². The first kappa shape index (κ1) is 14.6. The molecule has 1 aliphatic rings. The molecule has 0 radical (unpaired) electrons. The molecule has 1 aliphatic carbocycles. The van der Waals surface area contributed by atoms with Gasteiger partial charge in [-0.15, -0.1) is 0 Å². The first-order valence-corrected chi connectivity index (χ1v) is 7.34. The molecule has 1 N–H and O–H groups in total. The van der Waals surface area contributed by atoms with Crippen molar-refractivity contribution in [1.82, 2.24) is 0 Å². The van der Waals surface area contributed by atoms with Gasteiger partial charge in [-0.05, 0) is 60.6 Å². The van der Waals surface area contributed by atoms with Crippen LogP contribution < -0.4 is 0 Å². The SMILES string of the molecule is Cc1cccc(C2(O)CC(C)(C)CC(C)(C)C2)c1C. The van der Waals surface area contributed by atoms with Gasteiger partial charge in [0, 0.05) is 0 Å². The molecule has 0 spiro atoms. The summed E-state index contributed by atoms with van der Waals surface area (Å²) in [5.41, 5.74) is 3.35. The highest BCUT2D eigenvalue weighted by Crippen LogP contribution is 2.54. The van der Waals surface area contributed by atoms with Crippen molar-refractivity contribution in [3.63, 3.8) is 0 Å². The van der Waals surface area contributed by atoms with E-state index in [1.54, 1.807) is 0 Å². The number of rotatable bonds is 1. The fraction of sp³-hybridized carbons (Fsp3) is 0.667. The highest BCUT2D eigenvalue weighted by Gasteiger charge is 2.47. The van der Waals surface area contributed by atoms with Crippen LogP contribution in [0.15, 0.2) is 18.2 Å². The Morgan fingerprint density at radius 3 is 1.95 bits per heavy atom. The zero-order chi connectivity index (χ0) is 14.5. The number of aliphatic hydroxyl groups is 1. The van der Waals surface area contributed by atoms with Gasteiger partial charge in [0.15, 0.2) is 0 Å². The summed E-state index contributed by atoms with van der Waals surface area (Å²) in [6.07, 6.45) is 2.88. The summed E-state index contributed by atoms with van der Waals surface area (Å²) >= 11 is 0. The largest absolute Gasteiger partial charge is 0.385 e. The van der Waals surface area contributed by atoms with E-state index in [9.17, 15) is 5.11 Å². The van der Waals surface area contributed by atoms with Crippen molar-refractivity contribution in [2.24, 2.45) is 10.8 Å². The third kappa shape index (κ3) is 2.86. The van der Waals surface area contributed by atoms with Gasteiger partial charge in [-0.3, -0.25) is 0 Å². The number of aryl methyl sites for hydroxylation is 1. The van der Waals surface area contributed by atoms with Crippen molar-refractivity contribution in [2.45, 2.75) is 66.4 Å². The third-order valence-corrected chi connectivity index (χ3v) is 4.61. The Bertz CT molecular complexity index is 466. The number of hydrogen-bond donors (Lipinski definition) is 1. The minimum atomic E-state index is -0.679. The van der Waals surface area contributed by atoms with E-state index in [4.69, 9.17) is 0 Å². The summed E-state index contributed by atoms with van der Waals surface area (Å²) in [6, 6.07) is 6.31. The van der Waals surface area contributed by atoms with Gasteiger partial charge < -0.3 is 5.11 Å². The lowest BCUT2D eigenvalue weighted by Gasteiger charge is -2.50. The minimum Gasteiger partial charge on any atom is -0.385 e. The van der Waals surface area contributed by atoms with Crippen LogP contribution in [0.1, 0.15) is 63.6 Å².